The van der Waals surface area contributed by atoms with Gasteiger partial charge in [-0.2, -0.15) is 0 Å². The lowest BCUT2D eigenvalue weighted by Gasteiger charge is -2.35. The highest BCUT2D eigenvalue weighted by Crippen LogP contribution is 2.25. The van der Waals surface area contributed by atoms with Gasteiger partial charge in [0.15, 0.2) is 0 Å². The van der Waals surface area contributed by atoms with Crippen molar-refractivity contribution in [3.8, 4) is 0 Å². The molecule has 3 heteroatoms. The minimum absolute atomic E-state index is 0.249. The largest absolute Gasteiger partial charge is 0.389 e. The van der Waals surface area contributed by atoms with Gasteiger partial charge in [0.05, 0.1) is 5.60 Å². The summed E-state index contributed by atoms with van der Waals surface area (Å²) in [5.41, 5.74) is -0.951. The number of hydrogen-bond donors (Lipinski definition) is 1. The molecule has 0 aliphatic carbocycles. The molecule has 0 atom stereocenters. The van der Waals surface area contributed by atoms with E-state index in [-0.39, 0.29) is 5.41 Å². The van der Waals surface area contributed by atoms with E-state index in [2.05, 4.69) is 25.7 Å². The lowest BCUT2D eigenvalue weighted by molar-refractivity contribution is -0.118. The molecule has 0 spiro atoms. The summed E-state index contributed by atoms with van der Waals surface area (Å²) in [4.78, 5) is 13.4. The van der Waals surface area contributed by atoms with Gasteiger partial charge in [-0.3, -0.25) is 4.90 Å². The summed E-state index contributed by atoms with van der Waals surface area (Å²) >= 11 is 0. The first-order chi connectivity index (χ1) is 7.32. The molecule has 0 saturated carbocycles. The third-order valence-electron chi connectivity index (χ3n) is 3.25. The number of carbonyl (C=O) groups is 1. The molecule has 0 unspecified atom stereocenters. The van der Waals surface area contributed by atoms with Crippen LogP contribution in [0.5, 0.6) is 0 Å². The number of aliphatic hydroxyl groups is 1. The van der Waals surface area contributed by atoms with Crippen LogP contribution in [0.2, 0.25) is 0 Å². The van der Waals surface area contributed by atoms with Crippen molar-refractivity contribution in [2.24, 2.45) is 5.41 Å². The Morgan fingerprint density at radius 3 is 1.88 bits per heavy atom. The molecule has 0 heterocycles. The Morgan fingerprint density at radius 1 is 1.12 bits per heavy atom. The normalized spacial score (nSPS) is 13.2. The second kappa shape index (κ2) is 6.36. The Kier molecular flexibility index (Phi) is 6.19. The van der Waals surface area contributed by atoms with Crippen molar-refractivity contribution < 1.29 is 9.90 Å². The maximum Gasteiger partial charge on any atom is 0.127 e. The maximum absolute atomic E-state index is 11.2. The topological polar surface area (TPSA) is 40.5 Å². The van der Waals surface area contributed by atoms with Crippen LogP contribution in [0, 0.1) is 5.41 Å². The van der Waals surface area contributed by atoms with Crippen molar-refractivity contribution in [3.63, 3.8) is 0 Å². The molecule has 0 aliphatic rings. The highest BCUT2D eigenvalue weighted by molar-refractivity contribution is 5.59. The molecule has 96 valence electrons. The Hall–Kier alpha value is -0.410. The summed E-state index contributed by atoms with van der Waals surface area (Å²) in [6.07, 6.45) is 2.80. The number of rotatable bonds is 8. The quantitative estimate of drug-likeness (QED) is 0.648. The third-order valence-corrected chi connectivity index (χ3v) is 3.25. The number of carbonyl (C=O) groups excluding carboxylic acids is 1. The Morgan fingerprint density at radius 2 is 1.62 bits per heavy atom. The molecule has 16 heavy (non-hydrogen) atoms. The van der Waals surface area contributed by atoms with Gasteiger partial charge in [0.25, 0.3) is 0 Å². The second-order valence-electron chi connectivity index (χ2n) is 5.30. The van der Waals surface area contributed by atoms with Gasteiger partial charge in [-0.05, 0) is 33.2 Å². The van der Waals surface area contributed by atoms with Gasteiger partial charge < -0.3 is 9.90 Å². The van der Waals surface area contributed by atoms with Crippen LogP contribution in [0.15, 0.2) is 0 Å². The van der Waals surface area contributed by atoms with Crippen LogP contribution < -0.4 is 0 Å². The summed E-state index contributed by atoms with van der Waals surface area (Å²) in [5.74, 6) is 0. The average molecular weight is 229 g/mol. The fraction of sp³-hybridized carbons (Fsp3) is 0.923. The second-order valence-corrected chi connectivity index (χ2v) is 5.30. The standard InChI is InChI=1S/C13H27NO2/c1-6-13(7-2,11-15)10-14(8-3)9-12(4,5)16/h11,16H,6-10H2,1-5H3. The fourth-order valence-electron chi connectivity index (χ4n) is 1.95. The third kappa shape index (κ3) is 5.08. The molecule has 0 amide bonds. The molecule has 1 N–H and O–H groups in total. The number of aldehydes is 1. The van der Waals surface area contributed by atoms with Gasteiger partial charge in [0.2, 0.25) is 0 Å². The minimum atomic E-state index is -0.702. The Balaban J connectivity index is 4.56. The van der Waals surface area contributed by atoms with E-state index in [1.807, 2.05) is 0 Å². The smallest absolute Gasteiger partial charge is 0.127 e. The van der Waals surface area contributed by atoms with E-state index in [4.69, 9.17) is 0 Å². The SMILES string of the molecule is CCN(CC(C)(C)O)CC(C=O)(CC)CC. The van der Waals surface area contributed by atoms with E-state index in [1.165, 1.54) is 0 Å². The minimum Gasteiger partial charge on any atom is -0.389 e. The number of likely N-dealkylation sites (N-methyl/N-ethyl adjacent to an activating group) is 1. The van der Waals surface area contributed by atoms with Crippen LogP contribution in [0.3, 0.4) is 0 Å². The zero-order valence-corrected chi connectivity index (χ0v) is 11.4. The van der Waals surface area contributed by atoms with Gasteiger partial charge in [-0.1, -0.05) is 20.8 Å². The highest BCUT2D eigenvalue weighted by atomic mass is 16.3. The number of nitrogens with zero attached hydrogens (tertiary/aromatic N) is 1. The summed E-state index contributed by atoms with van der Waals surface area (Å²) in [7, 11) is 0. The summed E-state index contributed by atoms with van der Waals surface area (Å²) in [6, 6.07) is 0. The van der Waals surface area contributed by atoms with Crippen LogP contribution in [0.25, 0.3) is 0 Å². The van der Waals surface area contributed by atoms with Crippen molar-refractivity contribution in [1.29, 1.82) is 0 Å². The molecule has 0 aromatic carbocycles. The van der Waals surface area contributed by atoms with E-state index >= 15 is 0 Å². The lowest BCUT2D eigenvalue weighted by Crippen LogP contribution is -2.44. The molecule has 0 bridgehead atoms. The molecular formula is C13H27NO2. The molecule has 0 saturated heterocycles. The van der Waals surface area contributed by atoms with Gasteiger partial charge in [0.1, 0.15) is 6.29 Å². The Labute approximate surface area is 99.8 Å². The first-order valence-electron chi connectivity index (χ1n) is 6.23. The highest BCUT2D eigenvalue weighted by Gasteiger charge is 2.29. The molecule has 0 rings (SSSR count). The van der Waals surface area contributed by atoms with Gasteiger partial charge >= 0.3 is 0 Å². The van der Waals surface area contributed by atoms with Crippen LogP contribution in [-0.2, 0) is 4.79 Å². The van der Waals surface area contributed by atoms with Gasteiger partial charge in [0, 0.05) is 18.5 Å². The van der Waals surface area contributed by atoms with Crippen molar-refractivity contribution >= 4 is 6.29 Å². The fourth-order valence-corrected chi connectivity index (χ4v) is 1.95. The summed E-state index contributed by atoms with van der Waals surface area (Å²) in [6.45, 7) is 12.0. The van der Waals surface area contributed by atoms with Crippen LogP contribution in [-0.4, -0.2) is 41.5 Å². The van der Waals surface area contributed by atoms with Crippen LogP contribution in [0.1, 0.15) is 47.5 Å². The monoisotopic (exact) mass is 229 g/mol. The maximum atomic E-state index is 11.2. The van der Waals surface area contributed by atoms with Crippen molar-refractivity contribution in [2.75, 3.05) is 19.6 Å². The molecule has 0 radical (unpaired) electrons. The first kappa shape index (κ1) is 15.6. The van der Waals surface area contributed by atoms with Crippen LogP contribution >= 0.6 is 0 Å². The van der Waals surface area contributed by atoms with Crippen molar-refractivity contribution in [1.82, 2.24) is 4.90 Å². The molecule has 3 nitrogen and oxygen atoms in total. The molecular weight excluding hydrogens is 202 g/mol. The van der Waals surface area contributed by atoms with Crippen molar-refractivity contribution in [2.45, 2.75) is 53.1 Å². The van der Waals surface area contributed by atoms with E-state index < -0.39 is 5.60 Å². The molecule has 0 aliphatic heterocycles. The molecule has 0 aromatic rings. The van der Waals surface area contributed by atoms with E-state index in [9.17, 15) is 9.90 Å². The van der Waals surface area contributed by atoms with E-state index in [0.29, 0.717) is 6.54 Å². The predicted octanol–water partition coefficient (Wildman–Crippen LogP) is 2.08. The predicted molar refractivity (Wildman–Crippen MR) is 67.5 cm³/mol. The van der Waals surface area contributed by atoms with E-state index in [1.54, 1.807) is 13.8 Å². The first-order valence-corrected chi connectivity index (χ1v) is 6.23. The average Bonchev–Trinajstić information content (AvgIpc) is 2.23. The van der Waals surface area contributed by atoms with Gasteiger partial charge in [-0.25, -0.2) is 0 Å². The summed E-state index contributed by atoms with van der Waals surface area (Å²) < 4.78 is 0. The molecule has 0 fully saturated rings. The van der Waals surface area contributed by atoms with Crippen LogP contribution in [0.4, 0.5) is 0 Å². The van der Waals surface area contributed by atoms with E-state index in [0.717, 1.165) is 32.2 Å². The zero-order valence-electron chi connectivity index (χ0n) is 11.4. The molecule has 0 aromatic heterocycles. The Bertz CT molecular complexity index is 204. The zero-order chi connectivity index (χ0) is 12.8. The lowest BCUT2D eigenvalue weighted by atomic mass is 9.83. The number of hydrogen-bond acceptors (Lipinski definition) is 3. The van der Waals surface area contributed by atoms with Crippen molar-refractivity contribution in [3.05, 3.63) is 0 Å². The van der Waals surface area contributed by atoms with Gasteiger partial charge in [-0.15, -0.1) is 0 Å². The summed E-state index contributed by atoms with van der Waals surface area (Å²) in [5, 5.41) is 9.80.